The van der Waals surface area contributed by atoms with Gasteiger partial charge >= 0.3 is 0 Å². The molecule has 0 atom stereocenters. The minimum atomic E-state index is -3.28. The summed E-state index contributed by atoms with van der Waals surface area (Å²) in [6.07, 6.45) is 2.09. The van der Waals surface area contributed by atoms with E-state index in [4.69, 9.17) is 0 Å². The van der Waals surface area contributed by atoms with Crippen LogP contribution in [-0.2, 0) is 14.6 Å². The minimum Gasteiger partial charge on any atom is -0.326 e. The van der Waals surface area contributed by atoms with Gasteiger partial charge in [0, 0.05) is 18.4 Å². The third-order valence-corrected chi connectivity index (χ3v) is 6.70. The number of sulfone groups is 1. The van der Waals surface area contributed by atoms with E-state index in [2.05, 4.69) is 15.5 Å². The molecule has 7 nitrogen and oxygen atoms in total. The van der Waals surface area contributed by atoms with E-state index >= 15 is 0 Å². The first-order valence-corrected chi connectivity index (χ1v) is 11.3. The van der Waals surface area contributed by atoms with Crippen LogP contribution in [0.3, 0.4) is 0 Å². The Balaban J connectivity index is 1.62. The van der Waals surface area contributed by atoms with Gasteiger partial charge in [0.2, 0.25) is 5.91 Å². The SMILES string of the molecule is CC(=O)Nc1cccc(-n2cnnc2SCCCS(=O)(=O)c2ccccc2)c1. The summed E-state index contributed by atoms with van der Waals surface area (Å²) < 4.78 is 26.5. The van der Waals surface area contributed by atoms with Gasteiger partial charge in [-0.05, 0) is 36.8 Å². The van der Waals surface area contributed by atoms with Crippen molar-refractivity contribution in [3.8, 4) is 5.69 Å². The maximum Gasteiger partial charge on any atom is 0.221 e. The van der Waals surface area contributed by atoms with Crippen LogP contribution in [-0.4, -0.2) is 40.6 Å². The van der Waals surface area contributed by atoms with E-state index in [0.29, 0.717) is 27.9 Å². The number of nitrogens with zero attached hydrogens (tertiary/aromatic N) is 3. The molecule has 0 aliphatic carbocycles. The lowest BCUT2D eigenvalue weighted by Gasteiger charge is -2.09. The van der Waals surface area contributed by atoms with Crippen molar-refractivity contribution in [1.29, 1.82) is 0 Å². The average Bonchev–Trinajstić information content (AvgIpc) is 3.14. The molecule has 0 spiro atoms. The summed E-state index contributed by atoms with van der Waals surface area (Å²) in [4.78, 5) is 11.6. The molecule has 28 heavy (non-hydrogen) atoms. The number of aromatic nitrogens is 3. The van der Waals surface area contributed by atoms with Crippen molar-refractivity contribution in [2.45, 2.75) is 23.4 Å². The van der Waals surface area contributed by atoms with Crippen molar-refractivity contribution in [2.24, 2.45) is 0 Å². The molecular weight excluding hydrogens is 396 g/mol. The van der Waals surface area contributed by atoms with Gasteiger partial charge < -0.3 is 5.32 Å². The van der Waals surface area contributed by atoms with Gasteiger partial charge in [-0.25, -0.2) is 8.42 Å². The lowest BCUT2D eigenvalue weighted by molar-refractivity contribution is -0.114. The Bertz CT molecular complexity index is 1050. The highest BCUT2D eigenvalue weighted by molar-refractivity contribution is 7.99. The Kier molecular flexibility index (Phi) is 6.48. The molecule has 3 rings (SSSR count). The molecule has 9 heteroatoms. The summed E-state index contributed by atoms with van der Waals surface area (Å²) in [6, 6.07) is 15.8. The van der Waals surface area contributed by atoms with Crippen LogP contribution in [0.25, 0.3) is 5.69 Å². The standard InChI is InChI=1S/C19H20N4O3S2/c1-15(24)21-16-7-5-8-17(13-16)23-14-20-22-19(23)27-11-6-12-28(25,26)18-9-3-2-4-10-18/h2-5,7-10,13-14H,6,11-12H2,1H3,(H,21,24). The maximum atomic E-state index is 12.3. The van der Waals surface area contributed by atoms with Gasteiger partial charge in [0.05, 0.1) is 16.3 Å². The van der Waals surface area contributed by atoms with E-state index in [1.54, 1.807) is 42.7 Å². The van der Waals surface area contributed by atoms with Crippen molar-refractivity contribution in [3.05, 3.63) is 60.9 Å². The van der Waals surface area contributed by atoms with E-state index in [1.807, 2.05) is 22.8 Å². The topological polar surface area (TPSA) is 93.9 Å². The van der Waals surface area contributed by atoms with Gasteiger partial charge in [-0.2, -0.15) is 0 Å². The number of rotatable bonds is 8. The monoisotopic (exact) mass is 416 g/mol. The number of carbonyl (C=O) groups is 1. The van der Waals surface area contributed by atoms with E-state index in [-0.39, 0.29) is 11.7 Å². The molecule has 2 aromatic carbocycles. The molecule has 1 heterocycles. The fourth-order valence-corrected chi connectivity index (χ4v) is 4.98. The number of thioether (sulfide) groups is 1. The van der Waals surface area contributed by atoms with Crippen LogP contribution >= 0.6 is 11.8 Å². The first-order chi connectivity index (χ1) is 13.5. The highest BCUT2D eigenvalue weighted by atomic mass is 32.2. The smallest absolute Gasteiger partial charge is 0.221 e. The quantitative estimate of drug-likeness (QED) is 0.448. The molecule has 1 aromatic heterocycles. The summed E-state index contributed by atoms with van der Waals surface area (Å²) in [5.41, 5.74) is 1.50. The first-order valence-electron chi connectivity index (χ1n) is 8.64. The zero-order chi connectivity index (χ0) is 20.0. The van der Waals surface area contributed by atoms with E-state index in [9.17, 15) is 13.2 Å². The Morgan fingerprint density at radius 2 is 1.93 bits per heavy atom. The summed E-state index contributed by atoms with van der Waals surface area (Å²) >= 11 is 1.44. The maximum absolute atomic E-state index is 12.3. The molecule has 0 fully saturated rings. The summed E-state index contributed by atoms with van der Waals surface area (Å²) in [5, 5.41) is 11.5. The van der Waals surface area contributed by atoms with E-state index < -0.39 is 9.84 Å². The molecular formula is C19H20N4O3S2. The van der Waals surface area contributed by atoms with Crippen LogP contribution in [0.1, 0.15) is 13.3 Å². The first kappa shape index (κ1) is 20.1. The third kappa shape index (κ3) is 5.20. The van der Waals surface area contributed by atoms with Gasteiger partial charge in [0.15, 0.2) is 15.0 Å². The fraction of sp³-hybridized carbons (Fsp3) is 0.211. The molecule has 0 aliphatic rings. The van der Waals surface area contributed by atoms with Gasteiger partial charge in [0.1, 0.15) is 6.33 Å². The van der Waals surface area contributed by atoms with Crippen molar-refractivity contribution in [2.75, 3.05) is 16.8 Å². The predicted octanol–water partition coefficient (Wildman–Crippen LogP) is 3.18. The van der Waals surface area contributed by atoms with Gasteiger partial charge in [0.25, 0.3) is 0 Å². The number of nitrogens with one attached hydrogen (secondary N) is 1. The molecule has 0 unspecified atom stereocenters. The summed E-state index contributed by atoms with van der Waals surface area (Å²) in [7, 11) is -3.28. The van der Waals surface area contributed by atoms with Crippen molar-refractivity contribution in [1.82, 2.24) is 14.8 Å². The number of benzene rings is 2. The lowest BCUT2D eigenvalue weighted by Crippen LogP contribution is -2.08. The number of carbonyl (C=O) groups excluding carboxylic acids is 1. The second-order valence-corrected chi connectivity index (χ2v) is 9.22. The third-order valence-electron chi connectivity index (χ3n) is 3.85. The number of amides is 1. The Labute approximate surface area is 168 Å². The number of hydrogen-bond acceptors (Lipinski definition) is 6. The Hall–Kier alpha value is -2.65. The number of anilines is 1. The summed E-state index contributed by atoms with van der Waals surface area (Å²) in [5.74, 6) is 0.530. The van der Waals surface area contributed by atoms with Crippen LogP contribution in [0, 0.1) is 0 Å². The highest BCUT2D eigenvalue weighted by Crippen LogP contribution is 2.23. The molecule has 0 saturated heterocycles. The molecule has 0 aliphatic heterocycles. The van der Waals surface area contributed by atoms with E-state index in [0.717, 1.165) is 5.69 Å². The van der Waals surface area contributed by atoms with Crippen molar-refractivity contribution >= 4 is 33.2 Å². The Morgan fingerprint density at radius 1 is 1.14 bits per heavy atom. The largest absolute Gasteiger partial charge is 0.326 e. The second-order valence-electron chi connectivity index (χ2n) is 6.05. The van der Waals surface area contributed by atoms with Crippen LogP contribution in [0.2, 0.25) is 0 Å². The normalized spacial score (nSPS) is 11.3. The lowest BCUT2D eigenvalue weighted by atomic mass is 10.2. The van der Waals surface area contributed by atoms with Crippen LogP contribution < -0.4 is 5.32 Å². The minimum absolute atomic E-state index is 0.0795. The molecule has 0 radical (unpaired) electrons. The zero-order valence-corrected chi connectivity index (χ0v) is 16.9. The highest BCUT2D eigenvalue weighted by Gasteiger charge is 2.14. The van der Waals surface area contributed by atoms with Gasteiger partial charge in [-0.3, -0.25) is 9.36 Å². The molecule has 3 aromatic rings. The van der Waals surface area contributed by atoms with Crippen LogP contribution in [0.15, 0.2) is 71.0 Å². The zero-order valence-electron chi connectivity index (χ0n) is 15.3. The number of hydrogen-bond donors (Lipinski definition) is 1. The predicted molar refractivity (Wildman–Crippen MR) is 109 cm³/mol. The van der Waals surface area contributed by atoms with Crippen molar-refractivity contribution < 1.29 is 13.2 Å². The van der Waals surface area contributed by atoms with Gasteiger partial charge in [-0.1, -0.05) is 36.0 Å². The summed E-state index contributed by atoms with van der Waals surface area (Å²) in [6.45, 7) is 1.45. The second kappa shape index (κ2) is 9.03. The van der Waals surface area contributed by atoms with Crippen molar-refractivity contribution in [3.63, 3.8) is 0 Å². The molecule has 146 valence electrons. The van der Waals surface area contributed by atoms with Crippen LogP contribution in [0.5, 0.6) is 0 Å². The fourth-order valence-electron chi connectivity index (χ4n) is 2.59. The molecule has 0 bridgehead atoms. The van der Waals surface area contributed by atoms with Crippen LogP contribution in [0.4, 0.5) is 5.69 Å². The Morgan fingerprint density at radius 3 is 2.68 bits per heavy atom. The van der Waals surface area contributed by atoms with E-state index in [1.165, 1.54) is 18.7 Å². The molecule has 0 saturated carbocycles. The molecule has 1 N–H and O–H groups in total. The van der Waals surface area contributed by atoms with Gasteiger partial charge in [-0.15, -0.1) is 10.2 Å². The average molecular weight is 417 g/mol. The molecule has 1 amide bonds.